The van der Waals surface area contributed by atoms with Gasteiger partial charge in [0.2, 0.25) is 10.0 Å². The lowest BCUT2D eigenvalue weighted by Gasteiger charge is -2.25. The summed E-state index contributed by atoms with van der Waals surface area (Å²) in [6.07, 6.45) is 2.35. The molecule has 8 heteroatoms. The number of nitrogens with one attached hydrogen (secondary N) is 2. The van der Waals surface area contributed by atoms with Gasteiger partial charge in [0.1, 0.15) is 10.5 Å². The number of nitrogens with zero attached hydrogens (tertiary/aromatic N) is 2. The molecule has 2 aromatic rings. The molecule has 3 rings (SSSR count). The Bertz CT molecular complexity index is 727. The summed E-state index contributed by atoms with van der Waals surface area (Å²) in [6, 6.07) is 2.95. The number of aliphatic hydroxyl groups excluding tert-OH is 1. The van der Waals surface area contributed by atoms with E-state index in [2.05, 4.69) is 15.3 Å². The second-order valence-electron chi connectivity index (χ2n) is 4.87. The fourth-order valence-electron chi connectivity index (χ4n) is 2.50. The van der Waals surface area contributed by atoms with E-state index in [0.29, 0.717) is 24.1 Å². The van der Waals surface area contributed by atoms with Crippen LogP contribution in [0, 0.1) is 0 Å². The smallest absolute Gasteiger partial charge is 0.245 e. The molecule has 0 bridgehead atoms. The largest absolute Gasteiger partial charge is 0.390 e. The molecule has 0 saturated carbocycles. The molecule has 2 atom stereocenters. The highest BCUT2D eigenvalue weighted by molar-refractivity contribution is 7.89. The van der Waals surface area contributed by atoms with E-state index in [-0.39, 0.29) is 4.90 Å². The number of fused-ring (bicyclic) bond motifs is 1. The van der Waals surface area contributed by atoms with E-state index in [1.807, 2.05) is 0 Å². The summed E-state index contributed by atoms with van der Waals surface area (Å²) in [7, 11) is -2.19. The summed E-state index contributed by atoms with van der Waals surface area (Å²) in [6.45, 7) is 0.845. The molecule has 108 valence electrons. The van der Waals surface area contributed by atoms with Crippen molar-refractivity contribution in [2.45, 2.75) is 17.0 Å². The van der Waals surface area contributed by atoms with Crippen LogP contribution in [0.3, 0.4) is 0 Å². The van der Waals surface area contributed by atoms with E-state index >= 15 is 0 Å². The Morgan fingerprint density at radius 2 is 2.25 bits per heavy atom. The van der Waals surface area contributed by atoms with Crippen molar-refractivity contribution >= 4 is 21.1 Å². The van der Waals surface area contributed by atoms with Crippen LogP contribution in [-0.4, -0.2) is 60.1 Å². The second kappa shape index (κ2) is 4.81. The van der Waals surface area contributed by atoms with Crippen molar-refractivity contribution in [1.82, 2.24) is 19.6 Å². The molecular weight excluding hydrogens is 280 g/mol. The van der Waals surface area contributed by atoms with Gasteiger partial charge in [-0.15, -0.1) is 0 Å². The number of aliphatic hydroxyl groups is 1. The second-order valence-corrected chi connectivity index (χ2v) is 6.83. The van der Waals surface area contributed by atoms with Crippen molar-refractivity contribution in [2.24, 2.45) is 0 Å². The number of aromatic nitrogens is 2. The van der Waals surface area contributed by atoms with Crippen LogP contribution in [0.1, 0.15) is 0 Å². The van der Waals surface area contributed by atoms with Crippen molar-refractivity contribution < 1.29 is 13.5 Å². The summed E-state index contributed by atoms with van der Waals surface area (Å²) < 4.78 is 26.6. The summed E-state index contributed by atoms with van der Waals surface area (Å²) in [5, 5.41) is 13.4. The van der Waals surface area contributed by atoms with Crippen molar-refractivity contribution in [3.05, 3.63) is 24.5 Å². The highest BCUT2D eigenvalue weighted by atomic mass is 32.2. The first kappa shape index (κ1) is 13.5. The lowest BCUT2D eigenvalue weighted by molar-refractivity contribution is 0.136. The minimum Gasteiger partial charge on any atom is -0.390 e. The fraction of sp³-hybridized carbons (Fsp3) is 0.417. The number of aromatic amines is 1. The van der Waals surface area contributed by atoms with Crippen molar-refractivity contribution in [1.29, 1.82) is 0 Å². The van der Waals surface area contributed by atoms with Gasteiger partial charge >= 0.3 is 0 Å². The molecule has 3 heterocycles. The summed E-state index contributed by atoms with van der Waals surface area (Å²) in [4.78, 5) is 7.13. The lowest BCUT2D eigenvalue weighted by Crippen LogP contribution is -2.44. The van der Waals surface area contributed by atoms with Gasteiger partial charge in [-0.05, 0) is 12.1 Å². The van der Waals surface area contributed by atoms with Gasteiger partial charge in [-0.2, -0.15) is 4.31 Å². The molecule has 0 aliphatic carbocycles. The number of pyridine rings is 1. The lowest BCUT2D eigenvalue weighted by atomic mass is 10.2. The van der Waals surface area contributed by atoms with E-state index in [9.17, 15) is 13.5 Å². The molecule has 1 aliphatic heterocycles. The van der Waals surface area contributed by atoms with Gasteiger partial charge in [-0.25, -0.2) is 13.4 Å². The van der Waals surface area contributed by atoms with E-state index in [4.69, 9.17) is 0 Å². The van der Waals surface area contributed by atoms with E-state index < -0.39 is 22.2 Å². The normalized spacial score (nSPS) is 23.8. The SMILES string of the molecule is CN([C@@H]1CNC[C@H]1O)S(=O)(=O)c1c[nH]c2ncccc12. The molecule has 0 radical (unpaired) electrons. The van der Waals surface area contributed by atoms with Gasteiger partial charge < -0.3 is 15.4 Å². The van der Waals surface area contributed by atoms with Crippen LogP contribution in [0.15, 0.2) is 29.4 Å². The average molecular weight is 296 g/mol. The molecule has 0 spiro atoms. The zero-order valence-electron chi connectivity index (χ0n) is 10.9. The zero-order chi connectivity index (χ0) is 14.3. The minimum absolute atomic E-state index is 0.183. The molecule has 2 aromatic heterocycles. The van der Waals surface area contributed by atoms with Crippen LogP contribution < -0.4 is 5.32 Å². The Morgan fingerprint density at radius 1 is 1.45 bits per heavy atom. The maximum absolute atomic E-state index is 12.7. The molecule has 20 heavy (non-hydrogen) atoms. The standard InChI is InChI=1S/C12H16N4O3S/c1-16(9-5-13-6-10(9)17)20(18,19)11-7-15-12-8(11)3-2-4-14-12/h2-4,7,9-10,13,17H,5-6H2,1H3,(H,14,15)/t9-,10-/m1/s1. The monoisotopic (exact) mass is 296 g/mol. The first-order chi connectivity index (χ1) is 9.51. The first-order valence-electron chi connectivity index (χ1n) is 6.31. The number of H-pyrrole nitrogens is 1. The Balaban J connectivity index is 2.03. The molecule has 1 aliphatic rings. The van der Waals surface area contributed by atoms with Crippen LogP contribution in [-0.2, 0) is 10.0 Å². The Morgan fingerprint density at radius 3 is 2.95 bits per heavy atom. The maximum atomic E-state index is 12.7. The fourth-order valence-corrected chi connectivity index (χ4v) is 4.03. The number of likely N-dealkylation sites (N-methyl/N-ethyl adjacent to an activating group) is 1. The van der Waals surface area contributed by atoms with Crippen molar-refractivity contribution in [2.75, 3.05) is 20.1 Å². The molecule has 1 fully saturated rings. The minimum atomic E-state index is -3.68. The summed E-state index contributed by atoms with van der Waals surface area (Å²) >= 11 is 0. The number of hydrogen-bond donors (Lipinski definition) is 3. The van der Waals surface area contributed by atoms with Gasteiger partial charge in [0.15, 0.2) is 0 Å². The predicted octanol–water partition coefficient (Wildman–Crippen LogP) is -0.484. The molecule has 7 nitrogen and oxygen atoms in total. The summed E-state index contributed by atoms with van der Waals surface area (Å²) in [5.74, 6) is 0. The quantitative estimate of drug-likeness (QED) is 0.710. The highest BCUT2D eigenvalue weighted by Gasteiger charge is 2.36. The number of hydrogen-bond acceptors (Lipinski definition) is 5. The van der Waals surface area contributed by atoms with Gasteiger partial charge in [0, 0.05) is 37.9 Å². The van der Waals surface area contributed by atoms with Crippen LogP contribution in [0.5, 0.6) is 0 Å². The maximum Gasteiger partial charge on any atom is 0.245 e. The molecular formula is C12H16N4O3S. The highest BCUT2D eigenvalue weighted by Crippen LogP contribution is 2.25. The number of β-amino-alcohol motifs (C(OH)–C–C–N with tert-alkyl or cyclic N) is 1. The van der Waals surface area contributed by atoms with E-state index in [1.165, 1.54) is 17.5 Å². The number of rotatable bonds is 3. The third kappa shape index (κ3) is 2.01. The molecule has 0 aromatic carbocycles. The third-order valence-electron chi connectivity index (χ3n) is 3.69. The Labute approximate surface area is 116 Å². The third-order valence-corrected chi connectivity index (χ3v) is 5.61. The first-order valence-corrected chi connectivity index (χ1v) is 7.75. The average Bonchev–Trinajstić information content (AvgIpc) is 3.03. The van der Waals surface area contributed by atoms with Gasteiger partial charge in [0.05, 0.1) is 12.1 Å². The van der Waals surface area contributed by atoms with Gasteiger partial charge in [-0.3, -0.25) is 0 Å². The van der Waals surface area contributed by atoms with E-state index in [1.54, 1.807) is 18.3 Å². The Kier molecular flexibility index (Phi) is 3.25. The molecule has 3 N–H and O–H groups in total. The van der Waals surface area contributed by atoms with Crippen LogP contribution in [0.2, 0.25) is 0 Å². The topological polar surface area (TPSA) is 98.3 Å². The molecule has 0 unspecified atom stereocenters. The van der Waals surface area contributed by atoms with Crippen molar-refractivity contribution in [3.63, 3.8) is 0 Å². The van der Waals surface area contributed by atoms with Crippen molar-refractivity contribution in [3.8, 4) is 0 Å². The van der Waals surface area contributed by atoms with Crippen LogP contribution >= 0.6 is 0 Å². The van der Waals surface area contributed by atoms with Gasteiger partial charge in [-0.1, -0.05) is 0 Å². The molecule has 1 saturated heterocycles. The van der Waals surface area contributed by atoms with E-state index in [0.717, 1.165) is 0 Å². The van der Waals surface area contributed by atoms with Crippen LogP contribution in [0.25, 0.3) is 11.0 Å². The number of sulfonamides is 1. The Hall–Kier alpha value is -1.48. The zero-order valence-corrected chi connectivity index (χ0v) is 11.8. The predicted molar refractivity (Wildman–Crippen MR) is 73.7 cm³/mol. The van der Waals surface area contributed by atoms with Crippen LogP contribution in [0.4, 0.5) is 0 Å². The summed E-state index contributed by atoms with van der Waals surface area (Å²) in [5.41, 5.74) is 0.532. The van der Waals surface area contributed by atoms with Gasteiger partial charge in [0.25, 0.3) is 0 Å². The molecule has 0 amide bonds.